The van der Waals surface area contributed by atoms with Crippen molar-refractivity contribution >= 4 is 0 Å². The molecule has 1 aliphatic rings. The number of hydrogen-bond donors (Lipinski definition) is 1. The highest BCUT2D eigenvalue weighted by atomic mass is 16.5. The summed E-state index contributed by atoms with van der Waals surface area (Å²) in [5, 5.41) is 3.48. The Hall–Kier alpha value is -0.160. The standard InChI is InChI=1S/C13H29N3O/c1-12-5-8-16(11-13(12)17-4)10-7-14-6-9-15(2)3/h12-14H,5-11H2,1-4H3. The molecule has 0 aliphatic carbocycles. The molecule has 0 spiro atoms. The van der Waals surface area contributed by atoms with Crippen LogP contribution < -0.4 is 5.32 Å². The lowest BCUT2D eigenvalue weighted by Gasteiger charge is -2.36. The third kappa shape index (κ3) is 5.82. The summed E-state index contributed by atoms with van der Waals surface area (Å²) in [6.07, 6.45) is 1.68. The number of likely N-dealkylation sites (tertiary alicyclic amines) is 1. The van der Waals surface area contributed by atoms with Crippen LogP contribution >= 0.6 is 0 Å². The third-order valence-corrected chi connectivity index (χ3v) is 3.62. The molecule has 1 fully saturated rings. The lowest BCUT2D eigenvalue weighted by molar-refractivity contribution is -0.00441. The number of nitrogens with one attached hydrogen (secondary N) is 1. The summed E-state index contributed by atoms with van der Waals surface area (Å²) >= 11 is 0. The molecule has 102 valence electrons. The molecule has 2 unspecified atom stereocenters. The molecule has 0 aromatic heterocycles. The molecule has 17 heavy (non-hydrogen) atoms. The van der Waals surface area contributed by atoms with E-state index < -0.39 is 0 Å². The van der Waals surface area contributed by atoms with Crippen molar-refractivity contribution in [1.82, 2.24) is 15.1 Å². The predicted octanol–water partition coefficient (Wildman–Crippen LogP) is 0.494. The molecule has 0 radical (unpaired) electrons. The molecule has 0 amide bonds. The summed E-state index contributed by atoms with van der Waals surface area (Å²) in [5.74, 6) is 0.706. The Balaban J connectivity index is 2.07. The van der Waals surface area contributed by atoms with Gasteiger partial charge < -0.3 is 15.0 Å². The van der Waals surface area contributed by atoms with Gasteiger partial charge in [0, 0.05) is 39.8 Å². The van der Waals surface area contributed by atoms with Crippen molar-refractivity contribution < 1.29 is 4.74 Å². The quantitative estimate of drug-likeness (QED) is 0.659. The van der Waals surface area contributed by atoms with E-state index >= 15 is 0 Å². The fourth-order valence-electron chi connectivity index (χ4n) is 2.27. The zero-order chi connectivity index (χ0) is 12.7. The van der Waals surface area contributed by atoms with E-state index in [0.29, 0.717) is 12.0 Å². The smallest absolute Gasteiger partial charge is 0.0724 e. The number of hydrogen-bond acceptors (Lipinski definition) is 4. The second kappa shape index (κ2) is 8.03. The summed E-state index contributed by atoms with van der Waals surface area (Å²) in [7, 11) is 6.05. The first kappa shape index (κ1) is 14.9. The van der Waals surface area contributed by atoms with Gasteiger partial charge in [-0.2, -0.15) is 0 Å². The summed E-state index contributed by atoms with van der Waals surface area (Å²) in [6, 6.07) is 0. The number of piperidine rings is 1. The van der Waals surface area contributed by atoms with Crippen LogP contribution in [0.15, 0.2) is 0 Å². The largest absolute Gasteiger partial charge is 0.380 e. The monoisotopic (exact) mass is 243 g/mol. The van der Waals surface area contributed by atoms with Gasteiger partial charge in [-0.25, -0.2) is 0 Å². The molecule has 0 saturated carbocycles. The van der Waals surface area contributed by atoms with Gasteiger partial charge in [-0.15, -0.1) is 0 Å². The number of likely N-dealkylation sites (N-methyl/N-ethyl adjacent to an activating group) is 1. The van der Waals surface area contributed by atoms with Crippen molar-refractivity contribution in [2.24, 2.45) is 5.92 Å². The van der Waals surface area contributed by atoms with Gasteiger partial charge in [0.1, 0.15) is 0 Å². The van der Waals surface area contributed by atoms with E-state index in [4.69, 9.17) is 4.74 Å². The molecule has 4 nitrogen and oxygen atoms in total. The molecule has 1 aliphatic heterocycles. The molecule has 1 heterocycles. The Morgan fingerprint density at radius 2 is 2.12 bits per heavy atom. The van der Waals surface area contributed by atoms with Crippen LogP contribution in [-0.2, 0) is 4.74 Å². The van der Waals surface area contributed by atoms with Crippen molar-refractivity contribution in [3.05, 3.63) is 0 Å². The molecule has 0 bridgehead atoms. The number of ether oxygens (including phenoxy) is 1. The topological polar surface area (TPSA) is 27.7 Å². The van der Waals surface area contributed by atoms with Crippen LogP contribution in [0.4, 0.5) is 0 Å². The fraction of sp³-hybridized carbons (Fsp3) is 1.00. The first-order valence-corrected chi connectivity index (χ1v) is 6.74. The summed E-state index contributed by atoms with van der Waals surface area (Å²) in [6.45, 7) is 9.01. The third-order valence-electron chi connectivity index (χ3n) is 3.62. The summed E-state index contributed by atoms with van der Waals surface area (Å²) in [5.41, 5.74) is 0. The van der Waals surface area contributed by atoms with E-state index in [1.807, 2.05) is 7.11 Å². The minimum absolute atomic E-state index is 0.422. The van der Waals surface area contributed by atoms with Crippen LogP contribution in [0, 0.1) is 5.92 Å². The number of methoxy groups -OCH3 is 1. The van der Waals surface area contributed by atoms with Crippen LogP contribution in [0.25, 0.3) is 0 Å². The Morgan fingerprint density at radius 3 is 2.76 bits per heavy atom. The van der Waals surface area contributed by atoms with Crippen molar-refractivity contribution in [2.45, 2.75) is 19.4 Å². The van der Waals surface area contributed by atoms with Crippen molar-refractivity contribution in [3.8, 4) is 0 Å². The lowest BCUT2D eigenvalue weighted by atomic mass is 9.96. The van der Waals surface area contributed by atoms with Gasteiger partial charge in [-0.3, -0.25) is 4.90 Å². The second-order valence-electron chi connectivity index (χ2n) is 5.39. The maximum atomic E-state index is 5.52. The Labute approximate surface area is 106 Å². The molecule has 2 atom stereocenters. The predicted molar refractivity (Wildman–Crippen MR) is 72.4 cm³/mol. The van der Waals surface area contributed by atoms with Gasteiger partial charge in [0.2, 0.25) is 0 Å². The van der Waals surface area contributed by atoms with E-state index in [1.165, 1.54) is 13.0 Å². The molecule has 1 rings (SSSR count). The average molecular weight is 243 g/mol. The van der Waals surface area contributed by atoms with Crippen molar-refractivity contribution in [3.63, 3.8) is 0 Å². The number of rotatable bonds is 7. The Bertz CT molecular complexity index is 199. The van der Waals surface area contributed by atoms with E-state index in [-0.39, 0.29) is 0 Å². The van der Waals surface area contributed by atoms with Gasteiger partial charge in [-0.1, -0.05) is 6.92 Å². The van der Waals surface area contributed by atoms with Gasteiger partial charge in [0.05, 0.1) is 6.10 Å². The van der Waals surface area contributed by atoms with E-state index in [0.717, 1.165) is 32.7 Å². The van der Waals surface area contributed by atoms with Gasteiger partial charge in [0.25, 0.3) is 0 Å². The van der Waals surface area contributed by atoms with Gasteiger partial charge in [-0.05, 0) is 33.0 Å². The highest BCUT2D eigenvalue weighted by molar-refractivity contribution is 4.78. The van der Waals surface area contributed by atoms with Gasteiger partial charge in [0.15, 0.2) is 0 Å². The van der Waals surface area contributed by atoms with Gasteiger partial charge >= 0.3 is 0 Å². The summed E-state index contributed by atoms with van der Waals surface area (Å²) < 4.78 is 5.52. The van der Waals surface area contributed by atoms with Crippen LogP contribution in [0.1, 0.15) is 13.3 Å². The second-order valence-corrected chi connectivity index (χ2v) is 5.39. The maximum absolute atomic E-state index is 5.52. The molecule has 0 aromatic rings. The minimum atomic E-state index is 0.422. The SMILES string of the molecule is COC1CN(CCNCCN(C)C)CCC1C. The molecule has 1 saturated heterocycles. The minimum Gasteiger partial charge on any atom is -0.380 e. The molecule has 0 aromatic carbocycles. The first-order valence-electron chi connectivity index (χ1n) is 6.74. The van der Waals surface area contributed by atoms with Crippen LogP contribution in [-0.4, -0.2) is 76.4 Å². The van der Waals surface area contributed by atoms with E-state index in [9.17, 15) is 0 Å². The maximum Gasteiger partial charge on any atom is 0.0724 e. The fourth-order valence-corrected chi connectivity index (χ4v) is 2.27. The Kier molecular flexibility index (Phi) is 7.04. The van der Waals surface area contributed by atoms with Crippen LogP contribution in [0.2, 0.25) is 0 Å². The van der Waals surface area contributed by atoms with Crippen LogP contribution in [0.5, 0.6) is 0 Å². The van der Waals surface area contributed by atoms with Crippen molar-refractivity contribution in [1.29, 1.82) is 0 Å². The van der Waals surface area contributed by atoms with E-state index in [2.05, 4.69) is 36.1 Å². The van der Waals surface area contributed by atoms with E-state index in [1.54, 1.807) is 0 Å². The molecular formula is C13H29N3O. The molecular weight excluding hydrogens is 214 g/mol. The summed E-state index contributed by atoms with van der Waals surface area (Å²) in [4.78, 5) is 4.72. The lowest BCUT2D eigenvalue weighted by Crippen LogP contribution is -2.46. The molecule has 4 heteroatoms. The normalized spacial score (nSPS) is 26.6. The highest BCUT2D eigenvalue weighted by Gasteiger charge is 2.25. The molecule has 1 N–H and O–H groups in total. The zero-order valence-corrected chi connectivity index (χ0v) is 11.9. The average Bonchev–Trinajstić information content (AvgIpc) is 2.30. The van der Waals surface area contributed by atoms with Crippen LogP contribution in [0.3, 0.4) is 0 Å². The number of nitrogens with zero attached hydrogens (tertiary/aromatic N) is 2. The Morgan fingerprint density at radius 1 is 1.35 bits per heavy atom. The zero-order valence-electron chi connectivity index (χ0n) is 11.9. The first-order chi connectivity index (χ1) is 8.13. The van der Waals surface area contributed by atoms with Crippen molar-refractivity contribution in [2.75, 3.05) is 60.5 Å². The highest BCUT2D eigenvalue weighted by Crippen LogP contribution is 2.18.